The van der Waals surface area contributed by atoms with Crippen LogP contribution < -0.4 is 9.47 Å². The number of carbonyl (C=O) groups is 2. The lowest BCUT2D eigenvalue weighted by Gasteiger charge is -2.25. The molecule has 1 aliphatic rings. The van der Waals surface area contributed by atoms with Gasteiger partial charge in [0.1, 0.15) is 37.9 Å². The molecule has 0 atom stereocenters. The van der Waals surface area contributed by atoms with Crippen molar-refractivity contribution in [3.8, 4) is 11.5 Å². The largest absolute Gasteiger partial charge is 0.490 e. The Morgan fingerprint density at radius 3 is 1.31 bits per heavy atom. The van der Waals surface area contributed by atoms with Crippen LogP contribution in [0.2, 0.25) is 0 Å². The number of rotatable bonds is 22. The summed E-state index contributed by atoms with van der Waals surface area (Å²) in [6, 6.07) is 8.16. The summed E-state index contributed by atoms with van der Waals surface area (Å²) >= 11 is 0. The molecule has 10 nitrogen and oxygen atoms in total. The molecule has 0 aliphatic heterocycles. The molecule has 0 heterocycles. The van der Waals surface area contributed by atoms with Crippen LogP contribution >= 0.6 is 0 Å². The van der Waals surface area contributed by atoms with Crippen LogP contribution in [-0.4, -0.2) is 91.2 Å². The van der Waals surface area contributed by atoms with Crippen LogP contribution in [0.5, 0.6) is 11.5 Å². The summed E-state index contributed by atoms with van der Waals surface area (Å²) in [7, 11) is 0. The second-order valence-corrected chi connectivity index (χ2v) is 9.26. The molecule has 2 aromatic rings. The van der Waals surface area contributed by atoms with Crippen molar-refractivity contribution in [3.05, 3.63) is 60.7 Å². The summed E-state index contributed by atoms with van der Waals surface area (Å²) in [6.45, 7) is 11.0. The number of carbonyl (C=O) groups excluding carboxylic acids is 2. The summed E-state index contributed by atoms with van der Waals surface area (Å²) in [5.74, 6) is 0.889. The highest BCUT2D eigenvalue weighted by Crippen LogP contribution is 2.44. The fourth-order valence-corrected chi connectivity index (χ4v) is 4.51. The van der Waals surface area contributed by atoms with Crippen LogP contribution in [-0.2, 0) is 50.9 Å². The van der Waals surface area contributed by atoms with Gasteiger partial charge in [-0.15, -0.1) is 0 Å². The first-order valence-electron chi connectivity index (χ1n) is 14.4. The maximum absolute atomic E-state index is 11.0. The Labute approximate surface area is 247 Å². The van der Waals surface area contributed by atoms with E-state index >= 15 is 0 Å². The summed E-state index contributed by atoms with van der Waals surface area (Å²) in [6.07, 6.45) is 6.33. The molecule has 2 aromatic carbocycles. The van der Waals surface area contributed by atoms with Gasteiger partial charge in [-0.25, -0.2) is 9.59 Å². The summed E-state index contributed by atoms with van der Waals surface area (Å²) in [4.78, 5) is 22.0. The molecule has 42 heavy (non-hydrogen) atoms. The monoisotopic (exact) mass is 586 g/mol. The van der Waals surface area contributed by atoms with E-state index in [-0.39, 0.29) is 13.2 Å². The maximum Gasteiger partial charge on any atom is 0.330 e. The highest BCUT2D eigenvalue weighted by Gasteiger charge is 2.23. The number of ether oxygens (including phenoxy) is 8. The molecule has 0 spiro atoms. The van der Waals surface area contributed by atoms with Crippen LogP contribution in [0.1, 0.15) is 24.0 Å². The van der Waals surface area contributed by atoms with Crippen molar-refractivity contribution >= 4 is 22.7 Å². The summed E-state index contributed by atoms with van der Waals surface area (Å²) in [5.41, 5.74) is 2.41. The van der Waals surface area contributed by atoms with Gasteiger partial charge in [-0.3, -0.25) is 0 Å². The number of esters is 2. The van der Waals surface area contributed by atoms with Gasteiger partial charge in [-0.1, -0.05) is 37.4 Å². The standard InChI is InChI=1S/C32H42O10/c1-3-29(33)39-21-17-35-13-15-37-19-23-41-31-25-9-5-7-11-27(25)32(28-12-8-6-10-26(28)31)42-24-20-38-16-14-36-18-22-40-30(34)4-2/h3-5,7,9,11H,1-2,6,8,10,12-24H2. The smallest absolute Gasteiger partial charge is 0.330 e. The van der Waals surface area contributed by atoms with E-state index in [9.17, 15) is 9.59 Å². The predicted molar refractivity (Wildman–Crippen MR) is 157 cm³/mol. The quantitative estimate of drug-likeness (QED) is 0.114. The molecule has 0 fully saturated rings. The molecule has 0 N–H and O–H groups in total. The highest BCUT2D eigenvalue weighted by molar-refractivity contribution is 5.96. The SMILES string of the molecule is C=CC(=O)OCCOCCOCCOc1c2c(c(OCCOCCOCCOC(=O)C=C)c3ccccc13)CCCC2. The predicted octanol–water partition coefficient (Wildman–Crippen LogP) is 4.00. The first kappa shape index (κ1) is 33.1. The van der Waals surface area contributed by atoms with Crippen LogP contribution in [0, 0.1) is 0 Å². The number of hydrogen-bond donors (Lipinski definition) is 0. The van der Waals surface area contributed by atoms with Gasteiger partial charge in [0.25, 0.3) is 0 Å². The van der Waals surface area contributed by atoms with Crippen molar-refractivity contribution in [2.45, 2.75) is 25.7 Å². The fourth-order valence-electron chi connectivity index (χ4n) is 4.51. The minimum Gasteiger partial charge on any atom is -0.490 e. The Bertz CT molecular complexity index is 1060. The lowest BCUT2D eigenvalue weighted by molar-refractivity contribution is -0.140. The molecule has 3 rings (SSSR count). The van der Waals surface area contributed by atoms with Crippen molar-refractivity contribution in [1.29, 1.82) is 0 Å². The van der Waals surface area contributed by atoms with Crippen LogP contribution in [0.4, 0.5) is 0 Å². The molecule has 10 heteroatoms. The molecule has 1 aliphatic carbocycles. The van der Waals surface area contributed by atoms with E-state index in [1.807, 2.05) is 12.1 Å². The van der Waals surface area contributed by atoms with Crippen LogP contribution in [0.25, 0.3) is 10.8 Å². The Hall–Kier alpha value is -3.44. The molecular weight excluding hydrogens is 544 g/mol. The van der Waals surface area contributed by atoms with E-state index in [0.717, 1.165) is 60.1 Å². The minimum absolute atomic E-state index is 0.186. The third-order valence-electron chi connectivity index (χ3n) is 6.40. The average Bonchev–Trinajstić information content (AvgIpc) is 3.02. The van der Waals surface area contributed by atoms with Gasteiger partial charge in [-0.05, 0) is 25.7 Å². The van der Waals surface area contributed by atoms with Gasteiger partial charge in [-0.2, -0.15) is 0 Å². The third-order valence-corrected chi connectivity index (χ3v) is 6.40. The van der Waals surface area contributed by atoms with E-state index in [1.165, 1.54) is 11.1 Å². The van der Waals surface area contributed by atoms with Crippen molar-refractivity contribution in [2.24, 2.45) is 0 Å². The maximum atomic E-state index is 11.0. The highest BCUT2D eigenvalue weighted by atomic mass is 16.6. The van der Waals surface area contributed by atoms with Crippen molar-refractivity contribution in [1.82, 2.24) is 0 Å². The van der Waals surface area contributed by atoms with Gasteiger partial charge >= 0.3 is 11.9 Å². The zero-order chi connectivity index (χ0) is 29.8. The van der Waals surface area contributed by atoms with Crippen molar-refractivity contribution in [2.75, 3.05) is 79.3 Å². The van der Waals surface area contributed by atoms with Gasteiger partial charge < -0.3 is 37.9 Å². The Kier molecular flexibility index (Phi) is 15.5. The van der Waals surface area contributed by atoms with Gasteiger partial charge in [0.15, 0.2) is 0 Å². The minimum atomic E-state index is -0.462. The Balaban J connectivity index is 1.44. The fraction of sp³-hybridized carbons (Fsp3) is 0.500. The molecule has 0 amide bonds. The molecule has 0 aromatic heterocycles. The second-order valence-electron chi connectivity index (χ2n) is 9.26. The molecule has 0 bridgehead atoms. The van der Waals surface area contributed by atoms with Crippen LogP contribution in [0.3, 0.4) is 0 Å². The summed E-state index contributed by atoms with van der Waals surface area (Å²) < 4.78 is 44.5. The second kappa shape index (κ2) is 19.6. The normalized spacial score (nSPS) is 12.4. The first-order valence-corrected chi connectivity index (χ1v) is 14.4. The lowest BCUT2D eigenvalue weighted by Crippen LogP contribution is -2.16. The van der Waals surface area contributed by atoms with Gasteiger partial charge in [0.05, 0.1) is 52.9 Å². The molecular formula is C32H42O10. The zero-order valence-corrected chi connectivity index (χ0v) is 24.3. The van der Waals surface area contributed by atoms with E-state index in [2.05, 4.69) is 25.3 Å². The molecule has 230 valence electrons. The molecule has 0 unspecified atom stereocenters. The van der Waals surface area contributed by atoms with Crippen molar-refractivity contribution < 1.29 is 47.5 Å². The topological polar surface area (TPSA) is 108 Å². The Morgan fingerprint density at radius 2 is 0.929 bits per heavy atom. The first-order chi connectivity index (χ1) is 20.7. The lowest BCUT2D eigenvalue weighted by atomic mass is 9.87. The molecule has 0 radical (unpaired) electrons. The van der Waals surface area contributed by atoms with Crippen LogP contribution in [0.15, 0.2) is 49.6 Å². The van der Waals surface area contributed by atoms with Gasteiger partial charge in [0.2, 0.25) is 0 Å². The van der Waals surface area contributed by atoms with E-state index in [1.54, 1.807) is 0 Å². The molecule has 0 saturated carbocycles. The number of hydrogen-bond acceptors (Lipinski definition) is 10. The van der Waals surface area contributed by atoms with E-state index in [0.29, 0.717) is 66.1 Å². The van der Waals surface area contributed by atoms with Gasteiger partial charge in [0, 0.05) is 34.1 Å². The number of fused-ring (bicyclic) bond motifs is 2. The Morgan fingerprint density at radius 1 is 0.571 bits per heavy atom. The number of benzene rings is 2. The van der Waals surface area contributed by atoms with E-state index < -0.39 is 11.9 Å². The average molecular weight is 587 g/mol. The summed E-state index contributed by atoms with van der Waals surface area (Å²) in [5, 5.41) is 2.05. The van der Waals surface area contributed by atoms with E-state index in [4.69, 9.17) is 37.9 Å². The van der Waals surface area contributed by atoms with Crippen molar-refractivity contribution in [3.63, 3.8) is 0 Å². The zero-order valence-electron chi connectivity index (χ0n) is 24.3. The molecule has 0 saturated heterocycles. The third kappa shape index (κ3) is 11.1.